The lowest BCUT2D eigenvalue weighted by atomic mass is 9.95. The second kappa shape index (κ2) is 8.32. The minimum absolute atomic E-state index is 0.0462. The van der Waals surface area contributed by atoms with Crippen LogP contribution in [0.15, 0.2) is 30.3 Å². The summed E-state index contributed by atoms with van der Waals surface area (Å²) in [5.74, 6) is -0.906. The Morgan fingerprint density at radius 2 is 1.90 bits per heavy atom. The molecule has 0 aliphatic rings. The molecule has 20 heavy (non-hydrogen) atoms. The number of benzene rings is 1. The third-order valence-corrected chi connectivity index (χ3v) is 2.95. The van der Waals surface area contributed by atoms with Crippen molar-refractivity contribution in [2.45, 2.75) is 18.8 Å². The molecule has 0 aromatic heterocycles. The van der Waals surface area contributed by atoms with E-state index in [9.17, 15) is 9.59 Å². The van der Waals surface area contributed by atoms with Crippen LogP contribution in [-0.4, -0.2) is 49.1 Å². The van der Waals surface area contributed by atoms with Gasteiger partial charge in [0.1, 0.15) is 0 Å². The first-order valence-corrected chi connectivity index (χ1v) is 6.67. The number of hydrogen-bond acceptors (Lipinski definition) is 3. The lowest BCUT2D eigenvalue weighted by Crippen LogP contribution is -2.30. The van der Waals surface area contributed by atoms with Crippen LogP contribution >= 0.6 is 0 Å². The molecule has 0 heterocycles. The number of carboxylic acids is 1. The second-order valence-electron chi connectivity index (χ2n) is 5.07. The standard InChI is InChI=1S/C15H22N2O3/c1-17(2)11-13(12-6-4-3-5-7-12)10-14(18)16-9-8-15(19)20/h3-7,13H,8-11H2,1-2H3,(H,16,18)(H,19,20). The van der Waals surface area contributed by atoms with Crippen molar-refractivity contribution in [2.24, 2.45) is 0 Å². The molecule has 110 valence electrons. The molecule has 5 nitrogen and oxygen atoms in total. The number of carboxylic acid groups (broad SMARTS) is 1. The van der Waals surface area contributed by atoms with Gasteiger partial charge in [-0.25, -0.2) is 0 Å². The van der Waals surface area contributed by atoms with Gasteiger partial charge in [-0.1, -0.05) is 30.3 Å². The Balaban J connectivity index is 2.57. The predicted molar refractivity (Wildman–Crippen MR) is 77.6 cm³/mol. The number of hydrogen-bond donors (Lipinski definition) is 2. The zero-order chi connectivity index (χ0) is 15.0. The van der Waals surface area contributed by atoms with Crippen molar-refractivity contribution in [1.82, 2.24) is 10.2 Å². The van der Waals surface area contributed by atoms with Gasteiger partial charge in [0.05, 0.1) is 6.42 Å². The molecule has 1 aromatic carbocycles. The number of nitrogens with one attached hydrogen (secondary N) is 1. The van der Waals surface area contributed by atoms with E-state index in [2.05, 4.69) is 5.32 Å². The summed E-state index contributed by atoms with van der Waals surface area (Å²) < 4.78 is 0. The summed E-state index contributed by atoms with van der Waals surface area (Å²) in [6, 6.07) is 9.89. The van der Waals surface area contributed by atoms with E-state index in [1.54, 1.807) is 0 Å². The molecule has 0 saturated heterocycles. The van der Waals surface area contributed by atoms with E-state index < -0.39 is 5.97 Å². The van der Waals surface area contributed by atoms with E-state index >= 15 is 0 Å². The average molecular weight is 278 g/mol. The molecule has 0 fully saturated rings. The molecule has 1 amide bonds. The summed E-state index contributed by atoms with van der Waals surface area (Å²) in [5, 5.41) is 11.2. The molecule has 1 rings (SSSR count). The highest BCUT2D eigenvalue weighted by Crippen LogP contribution is 2.20. The molecule has 1 unspecified atom stereocenters. The summed E-state index contributed by atoms with van der Waals surface area (Å²) in [5.41, 5.74) is 1.12. The predicted octanol–water partition coefficient (Wildman–Crippen LogP) is 1.31. The number of carbonyl (C=O) groups excluding carboxylic acids is 1. The van der Waals surface area contributed by atoms with Crippen molar-refractivity contribution in [1.29, 1.82) is 0 Å². The molecule has 0 radical (unpaired) electrons. The highest BCUT2D eigenvalue weighted by Gasteiger charge is 2.16. The minimum Gasteiger partial charge on any atom is -0.481 e. The first-order valence-electron chi connectivity index (χ1n) is 6.67. The van der Waals surface area contributed by atoms with Gasteiger partial charge >= 0.3 is 5.97 Å². The molecule has 0 aliphatic heterocycles. The van der Waals surface area contributed by atoms with Crippen LogP contribution in [0.25, 0.3) is 0 Å². The van der Waals surface area contributed by atoms with Crippen molar-refractivity contribution >= 4 is 11.9 Å². The van der Waals surface area contributed by atoms with Gasteiger partial charge in [0, 0.05) is 25.4 Å². The molecular formula is C15H22N2O3. The normalized spacial score (nSPS) is 12.2. The number of likely N-dealkylation sites (N-methyl/N-ethyl adjacent to an activating group) is 1. The third-order valence-electron chi connectivity index (χ3n) is 2.95. The van der Waals surface area contributed by atoms with Crippen LogP contribution in [-0.2, 0) is 9.59 Å². The van der Waals surface area contributed by atoms with Crippen LogP contribution in [0, 0.1) is 0 Å². The van der Waals surface area contributed by atoms with Crippen molar-refractivity contribution in [3.63, 3.8) is 0 Å². The SMILES string of the molecule is CN(C)CC(CC(=O)NCCC(=O)O)c1ccccc1. The summed E-state index contributed by atoms with van der Waals surface area (Å²) in [7, 11) is 3.94. The van der Waals surface area contributed by atoms with Crippen molar-refractivity contribution in [3.8, 4) is 0 Å². The smallest absolute Gasteiger partial charge is 0.305 e. The third kappa shape index (κ3) is 6.33. The minimum atomic E-state index is -0.904. The Bertz CT molecular complexity index is 432. The van der Waals surface area contributed by atoms with E-state index in [0.29, 0.717) is 6.42 Å². The van der Waals surface area contributed by atoms with Crippen molar-refractivity contribution in [2.75, 3.05) is 27.2 Å². The van der Waals surface area contributed by atoms with Gasteiger partial charge in [0.15, 0.2) is 0 Å². The van der Waals surface area contributed by atoms with Gasteiger partial charge < -0.3 is 15.3 Å². The molecule has 1 aromatic rings. The van der Waals surface area contributed by atoms with Crippen molar-refractivity contribution in [3.05, 3.63) is 35.9 Å². The largest absolute Gasteiger partial charge is 0.481 e. The number of rotatable bonds is 8. The number of nitrogens with zero attached hydrogens (tertiary/aromatic N) is 1. The van der Waals surface area contributed by atoms with Crippen LogP contribution in [0.3, 0.4) is 0 Å². The number of carbonyl (C=O) groups is 2. The maximum Gasteiger partial charge on any atom is 0.305 e. The molecule has 0 aliphatic carbocycles. The Morgan fingerprint density at radius 3 is 2.45 bits per heavy atom. The first-order chi connectivity index (χ1) is 9.49. The van der Waals surface area contributed by atoms with Crippen LogP contribution in [0.1, 0.15) is 24.3 Å². The molecule has 0 saturated carbocycles. The summed E-state index contributed by atoms with van der Waals surface area (Å²) in [6.07, 6.45) is 0.317. The zero-order valence-electron chi connectivity index (χ0n) is 12.0. The van der Waals surface area contributed by atoms with Crippen LogP contribution < -0.4 is 5.32 Å². The Kier molecular flexibility index (Phi) is 6.73. The second-order valence-corrected chi connectivity index (χ2v) is 5.07. The molecular weight excluding hydrogens is 256 g/mol. The van der Waals surface area contributed by atoms with Crippen LogP contribution in [0.5, 0.6) is 0 Å². The Morgan fingerprint density at radius 1 is 1.25 bits per heavy atom. The number of aliphatic carboxylic acids is 1. The highest BCUT2D eigenvalue weighted by molar-refractivity contribution is 5.77. The molecule has 0 spiro atoms. The summed E-state index contributed by atoms with van der Waals surface area (Å²) in [6.45, 7) is 0.952. The van der Waals surface area contributed by atoms with Crippen LogP contribution in [0.2, 0.25) is 0 Å². The fourth-order valence-corrected chi connectivity index (χ4v) is 2.06. The van der Waals surface area contributed by atoms with E-state index in [-0.39, 0.29) is 24.8 Å². The van der Waals surface area contributed by atoms with Gasteiger partial charge in [0.25, 0.3) is 0 Å². The van der Waals surface area contributed by atoms with Gasteiger partial charge in [-0.2, -0.15) is 0 Å². The molecule has 0 bridgehead atoms. The maximum absolute atomic E-state index is 11.9. The topological polar surface area (TPSA) is 69.6 Å². The molecule has 2 N–H and O–H groups in total. The highest BCUT2D eigenvalue weighted by atomic mass is 16.4. The quantitative estimate of drug-likeness (QED) is 0.752. The monoisotopic (exact) mass is 278 g/mol. The molecule has 5 heteroatoms. The van der Waals surface area contributed by atoms with E-state index in [4.69, 9.17) is 5.11 Å². The Hall–Kier alpha value is -1.88. The van der Waals surface area contributed by atoms with Gasteiger partial charge in [-0.3, -0.25) is 9.59 Å². The summed E-state index contributed by atoms with van der Waals surface area (Å²) >= 11 is 0. The zero-order valence-corrected chi connectivity index (χ0v) is 12.0. The van der Waals surface area contributed by atoms with Gasteiger partial charge in [-0.15, -0.1) is 0 Å². The summed E-state index contributed by atoms with van der Waals surface area (Å²) in [4.78, 5) is 24.3. The van der Waals surface area contributed by atoms with Crippen LogP contribution in [0.4, 0.5) is 0 Å². The Labute approximate surface area is 119 Å². The maximum atomic E-state index is 11.9. The number of amides is 1. The first kappa shape index (κ1) is 16.2. The lowest BCUT2D eigenvalue weighted by Gasteiger charge is -2.21. The van der Waals surface area contributed by atoms with E-state index in [1.165, 1.54) is 0 Å². The fraction of sp³-hybridized carbons (Fsp3) is 0.467. The van der Waals surface area contributed by atoms with Gasteiger partial charge in [-0.05, 0) is 19.7 Å². The molecule has 1 atom stereocenters. The van der Waals surface area contributed by atoms with Crippen molar-refractivity contribution < 1.29 is 14.7 Å². The average Bonchev–Trinajstić information content (AvgIpc) is 2.38. The van der Waals surface area contributed by atoms with E-state index in [0.717, 1.165) is 12.1 Å². The lowest BCUT2D eigenvalue weighted by molar-refractivity contribution is -0.136. The van der Waals surface area contributed by atoms with E-state index in [1.807, 2.05) is 49.3 Å². The van der Waals surface area contributed by atoms with Gasteiger partial charge in [0.2, 0.25) is 5.91 Å². The fourth-order valence-electron chi connectivity index (χ4n) is 2.06.